The molecule has 0 saturated carbocycles. The first-order valence-electron chi connectivity index (χ1n) is 4.44. The average Bonchev–Trinajstić information content (AvgIpc) is 2.16. The summed E-state index contributed by atoms with van der Waals surface area (Å²) in [7, 11) is 0. The topological polar surface area (TPSA) is 51.8 Å². The number of anilines is 1. The van der Waals surface area contributed by atoms with Crippen molar-refractivity contribution in [1.82, 2.24) is 10.2 Å². The molecule has 0 aliphatic carbocycles. The zero-order chi connectivity index (χ0) is 9.68. The summed E-state index contributed by atoms with van der Waals surface area (Å²) >= 11 is 1.73. The minimum atomic E-state index is 0.480. The van der Waals surface area contributed by atoms with E-state index in [1.54, 1.807) is 17.8 Å². The Morgan fingerprint density at radius 3 is 2.77 bits per heavy atom. The van der Waals surface area contributed by atoms with E-state index in [0.29, 0.717) is 5.82 Å². The van der Waals surface area contributed by atoms with Crippen molar-refractivity contribution in [1.29, 1.82) is 0 Å². The second kappa shape index (κ2) is 5.07. The van der Waals surface area contributed by atoms with Crippen molar-refractivity contribution in [2.45, 2.75) is 25.3 Å². The average molecular weight is 197 g/mol. The fourth-order valence-electron chi connectivity index (χ4n) is 0.753. The Labute approximate surface area is 83.1 Å². The molecule has 0 aliphatic rings. The lowest BCUT2D eigenvalue weighted by atomic mass is 10.2. The largest absolute Gasteiger partial charge is 0.382 e. The normalized spacial score (nSPS) is 12.8. The molecule has 1 unspecified atom stereocenters. The molecule has 0 bridgehead atoms. The molecule has 2 N–H and O–H groups in total. The van der Waals surface area contributed by atoms with Crippen LogP contribution in [0.5, 0.6) is 0 Å². The molecule has 72 valence electrons. The molecule has 13 heavy (non-hydrogen) atoms. The van der Waals surface area contributed by atoms with Gasteiger partial charge in [0.2, 0.25) is 0 Å². The van der Waals surface area contributed by atoms with Gasteiger partial charge in [0.25, 0.3) is 0 Å². The first-order chi connectivity index (χ1) is 6.22. The summed E-state index contributed by atoms with van der Waals surface area (Å²) in [5.74, 6) is 2.30. The molecule has 0 fully saturated rings. The lowest BCUT2D eigenvalue weighted by molar-refractivity contribution is 0.636. The second-order valence-electron chi connectivity index (χ2n) is 3.12. The van der Waals surface area contributed by atoms with Crippen LogP contribution in [0.3, 0.4) is 0 Å². The zero-order valence-electron chi connectivity index (χ0n) is 8.03. The van der Waals surface area contributed by atoms with Crippen molar-refractivity contribution in [2.75, 3.05) is 11.5 Å². The predicted molar refractivity (Wildman–Crippen MR) is 56.6 cm³/mol. The minimum Gasteiger partial charge on any atom is -0.382 e. The van der Waals surface area contributed by atoms with Gasteiger partial charge in [0.15, 0.2) is 0 Å². The third-order valence-electron chi connectivity index (χ3n) is 1.87. The van der Waals surface area contributed by atoms with Crippen molar-refractivity contribution in [3.63, 3.8) is 0 Å². The molecule has 4 heteroatoms. The second-order valence-corrected chi connectivity index (χ2v) is 4.16. The van der Waals surface area contributed by atoms with E-state index in [4.69, 9.17) is 5.73 Å². The van der Waals surface area contributed by atoms with Gasteiger partial charge in [-0.1, -0.05) is 20.3 Å². The van der Waals surface area contributed by atoms with Gasteiger partial charge in [0, 0.05) is 5.75 Å². The van der Waals surface area contributed by atoms with Gasteiger partial charge in [-0.05, 0) is 18.1 Å². The third-order valence-corrected chi connectivity index (χ3v) is 3.12. The Kier molecular flexibility index (Phi) is 4.02. The van der Waals surface area contributed by atoms with Crippen LogP contribution >= 0.6 is 11.8 Å². The standard InChI is InChI=1S/C9H15N3S/c1-3-7(2)6-13-9-5-4-8(10)11-12-9/h4-5,7H,3,6H2,1-2H3,(H2,10,11). The summed E-state index contributed by atoms with van der Waals surface area (Å²) in [6.07, 6.45) is 1.20. The molecule has 0 amide bonds. The van der Waals surface area contributed by atoms with Crippen LogP contribution in [-0.4, -0.2) is 16.0 Å². The number of aromatic nitrogens is 2. The maximum Gasteiger partial charge on any atom is 0.146 e. The highest BCUT2D eigenvalue weighted by Gasteiger charge is 2.01. The van der Waals surface area contributed by atoms with Crippen molar-refractivity contribution in [3.05, 3.63) is 12.1 Å². The molecule has 3 nitrogen and oxygen atoms in total. The quantitative estimate of drug-likeness (QED) is 0.752. The summed E-state index contributed by atoms with van der Waals surface area (Å²) in [5.41, 5.74) is 5.43. The maximum absolute atomic E-state index is 5.43. The number of nitrogens with two attached hydrogens (primary N) is 1. The number of nitrogen functional groups attached to an aromatic ring is 1. The fourth-order valence-corrected chi connectivity index (χ4v) is 1.71. The fraction of sp³-hybridized carbons (Fsp3) is 0.556. The van der Waals surface area contributed by atoms with Crippen molar-refractivity contribution in [2.24, 2.45) is 5.92 Å². The Morgan fingerprint density at radius 2 is 2.23 bits per heavy atom. The smallest absolute Gasteiger partial charge is 0.146 e. The Hall–Kier alpha value is -0.770. The lowest BCUT2D eigenvalue weighted by Gasteiger charge is -2.05. The van der Waals surface area contributed by atoms with Gasteiger partial charge in [0.05, 0.1) is 0 Å². The SMILES string of the molecule is CCC(C)CSc1ccc(N)nn1. The van der Waals surface area contributed by atoms with E-state index in [1.165, 1.54) is 6.42 Å². The molecule has 0 aliphatic heterocycles. The van der Waals surface area contributed by atoms with Crippen molar-refractivity contribution < 1.29 is 0 Å². The molecule has 0 saturated heterocycles. The van der Waals surface area contributed by atoms with Gasteiger partial charge in [-0.3, -0.25) is 0 Å². The number of hydrogen-bond donors (Lipinski definition) is 1. The van der Waals surface area contributed by atoms with Crippen LogP contribution in [0.1, 0.15) is 20.3 Å². The molecular weight excluding hydrogens is 182 g/mol. The van der Waals surface area contributed by atoms with Gasteiger partial charge in [-0.2, -0.15) is 0 Å². The number of thioether (sulfide) groups is 1. The minimum absolute atomic E-state index is 0.480. The van der Waals surface area contributed by atoms with Crippen LogP contribution < -0.4 is 5.73 Å². The third kappa shape index (κ3) is 3.63. The molecule has 1 heterocycles. The first-order valence-corrected chi connectivity index (χ1v) is 5.43. The summed E-state index contributed by atoms with van der Waals surface area (Å²) in [6.45, 7) is 4.43. The Balaban J connectivity index is 2.41. The Bertz CT molecular complexity index is 248. The van der Waals surface area contributed by atoms with E-state index < -0.39 is 0 Å². The highest BCUT2D eigenvalue weighted by atomic mass is 32.2. The van der Waals surface area contributed by atoms with Crippen LogP contribution in [0.25, 0.3) is 0 Å². The van der Waals surface area contributed by atoms with Crippen LogP contribution in [-0.2, 0) is 0 Å². The zero-order valence-corrected chi connectivity index (χ0v) is 8.84. The summed E-state index contributed by atoms with van der Waals surface area (Å²) in [6, 6.07) is 3.70. The highest BCUT2D eigenvalue weighted by molar-refractivity contribution is 7.99. The van der Waals surface area contributed by atoms with E-state index in [9.17, 15) is 0 Å². The lowest BCUT2D eigenvalue weighted by Crippen LogP contribution is -1.97. The monoisotopic (exact) mass is 197 g/mol. The molecule has 0 aromatic carbocycles. The van der Waals surface area contributed by atoms with E-state index >= 15 is 0 Å². The molecule has 1 atom stereocenters. The molecular formula is C9H15N3S. The maximum atomic E-state index is 5.43. The van der Waals surface area contributed by atoms with Crippen LogP contribution in [0, 0.1) is 5.92 Å². The van der Waals surface area contributed by atoms with Crippen molar-refractivity contribution in [3.8, 4) is 0 Å². The van der Waals surface area contributed by atoms with Crippen LogP contribution in [0.4, 0.5) is 5.82 Å². The number of nitrogens with zero attached hydrogens (tertiary/aromatic N) is 2. The van der Waals surface area contributed by atoms with Gasteiger partial charge in [-0.25, -0.2) is 0 Å². The van der Waals surface area contributed by atoms with Gasteiger partial charge < -0.3 is 5.73 Å². The van der Waals surface area contributed by atoms with E-state index in [2.05, 4.69) is 24.0 Å². The van der Waals surface area contributed by atoms with E-state index in [1.807, 2.05) is 6.07 Å². The molecule has 0 spiro atoms. The summed E-state index contributed by atoms with van der Waals surface area (Å²) in [4.78, 5) is 0. The van der Waals surface area contributed by atoms with Gasteiger partial charge in [-0.15, -0.1) is 22.0 Å². The first kappa shape index (κ1) is 10.3. The highest BCUT2D eigenvalue weighted by Crippen LogP contribution is 2.19. The molecule has 1 aromatic heterocycles. The van der Waals surface area contributed by atoms with Gasteiger partial charge >= 0.3 is 0 Å². The molecule has 1 rings (SSSR count). The van der Waals surface area contributed by atoms with Crippen molar-refractivity contribution >= 4 is 17.6 Å². The number of hydrogen-bond acceptors (Lipinski definition) is 4. The predicted octanol–water partition coefficient (Wildman–Crippen LogP) is 2.20. The van der Waals surface area contributed by atoms with E-state index in [-0.39, 0.29) is 0 Å². The summed E-state index contributed by atoms with van der Waals surface area (Å²) < 4.78 is 0. The van der Waals surface area contributed by atoms with E-state index in [0.717, 1.165) is 16.7 Å². The summed E-state index contributed by atoms with van der Waals surface area (Å²) in [5, 5.41) is 8.72. The number of rotatable bonds is 4. The van der Waals surface area contributed by atoms with Crippen LogP contribution in [0.2, 0.25) is 0 Å². The Morgan fingerprint density at radius 1 is 1.46 bits per heavy atom. The van der Waals surface area contributed by atoms with Crippen LogP contribution in [0.15, 0.2) is 17.2 Å². The van der Waals surface area contributed by atoms with Gasteiger partial charge in [0.1, 0.15) is 10.8 Å². The molecule has 0 radical (unpaired) electrons. The molecule has 1 aromatic rings.